The van der Waals surface area contributed by atoms with Gasteiger partial charge in [-0.25, -0.2) is 0 Å². The zero-order chi connectivity index (χ0) is 9.90. The molecule has 0 spiro atoms. The van der Waals surface area contributed by atoms with E-state index in [-0.39, 0.29) is 11.3 Å². The van der Waals surface area contributed by atoms with Crippen molar-refractivity contribution < 1.29 is 4.79 Å². The number of carbonyl (C=O) groups excluding carboxylic acids is 1. The molecule has 0 aliphatic carbocycles. The van der Waals surface area contributed by atoms with E-state index in [1.165, 1.54) is 6.42 Å². The minimum atomic E-state index is -0.246. The molecular weight excluding hydrogens is 164 g/mol. The van der Waals surface area contributed by atoms with Gasteiger partial charge in [-0.05, 0) is 38.9 Å². The van der Waals surface area contributed by atoms with Gasteiger partial charge < -0.3 is 10.6 Å². The van der Waals surface area contributed by atoms with Crippen molar-refractivity contribution in [3.63, 3.8) is 0 Å². The first-order chi connectivity index (χ1) is 6.08. The fourth-order valence-electron chi connectivity index (χ4n) is 1.83. The van der Waals surface area contributed by atoms with Crippen LogP contribution in [0.5, 0.6) is 0 Å². The molecular formula is C10H20N2O. The van der Waals surface area contributed by atoms with Crippen molar-refractivity contribution in [2.45, 2.75) is 33.1 Å². The maximum atomic E-state index is 11.1. The second-order valence-corrected chi connectivity index (χ2v) is 4.27. The van der Waals surface area contributed by atoms with Crippen LogP contribution in [0, 0.1) is 5.41 Å². The first-order valence-corrected chi connectivity index (χ1v) is 5.11. The lowest BCUT2D eigenvalue weighted by Gasteiger charge is -2.37. The van der Waals surface area contributed by atoms with Crippen LogP contribution in [0.25, 0.3) is 0 Å². The average Bonchev–Trinajstić information content (AvgIpc) is 2.09. The molecule has 0 unspecified atom stereocenters. The summed E-state index contributed by atoms with van der Waals surface area (Å²) in [5.74, 6) is -0.136. The first kappa shape index (κ1) is 10.5. The molecule has 3 heteroatoms. The number of hydrogen-bond acceptors (Lipinski definition) is 2. The zero-order valence-corrected chi connectivity index (χ0v) is 8.68. The van der Waals surface area contributed by atoms with Crippen LogP contribution >= 0.6 is 0 Å². The molecule has 0 atom stereocenters. The number of rotatable bonds is 3. The fraction of sp³-hybridized carbons (Fsp3) is 0.900. The summed E-state index contributed by atoms with van der Waals surface area (Å²) in [4.78, 5) is 13.6. The number of likely N-dealkylation sites (tertiary alicyclic amines) is 1. The third kappa shape index (κ3) is 2.44. The predicted octanol–water partition coefficient (Wildman–Crippen LogP) is 0.984. The Kier molecular flexibility index (Phi) is 3.31. The van der Waals surface area contributed by atoms with E-state index in [1.54, 1.807) is 0 Å². The molecule has 0 aromatic rings. The van der Waals surface area contributed by atoms with Gasteiger partial charge in [-0.15, -0.1) is 0 Å². The summed E-state index contributed by atoms with van der Waals surface area (Å²) in [5.41, 5.74) is 5.12. The van der Waals surface area contributed by atoms with Gasteiger partial charge >= 0.3 is 0 Å². The highest BCUT2D eigenvalue weighted by Crippen LogP contribution is 2.30. The maximum Gasteiger partial charge on any atom is 0.223 e. The number of piperidine rings is 1. The summed E-state index contributed by atoms with van der Waals surface area (Å²) < 4.78 is 0. The van der Waals surface area contributed by atoms with Crippen molar-refractivity contribution in [1.29, 1.82) is 0 Å². The quantitative estimate of drug-likeness (QED) is 0.711. The maximum absolute atomic E-state index is 11.1. The molecule has 1 aliphatic heterocycles. The first-order valence-electron chi connectivity index (χ1n) is 5.11. The molecule has 0 radical (unpaired) electrons. The highest BCUT2D eigenvalue weighted by Gasteiger charge is 2.34. The van der Waals surface area contributed by atoms with Crippen molar-refractivity contribution in [3.05, 3.63) is 0 Å². The third-order valence-corrected chi connectivity index (χ3v) is 3.09. The molecule has 1 amide bonds. The van der Waals surface area contributed by atoms with Gasteiger partial charge in [0.25, 0.3) is 0 Å². The molecule has 0 bridgehead atoms. The molecule has 0 aromatic heterocycles. The Hall–Kier alpha value is -0.570. The van der Waals surface area contributed by atoms with E-state index in [1.807, 2.05) is 6.92 Å². The van der Waals surface area contributed by atoms with E-state index < -0.39 is 0 Å². The highest BCUT2D eigenvalue weighted by atomic mass is 16.1. The standard InChI is InChI=1S/C10H20N2O/c1-3-6-12-7-4-10(2,5-8-12)9(11)13/h3-8H2,1-2H3,(H2,11,13). The molecule has 76 valence electrons. The molecule has 0 aromatic carbocycles. The Morgan fingerprint density at radius 2 is 2.00 bits per heavy atom. The van der Waals surface area contributed by atoms with E-state index in [4.69, 9.17) is 5.73 Å². The van der Waals surface area contributed by atoms with Gasteiger partial charge in [-0.1, -0.05) is 13.8 Å². The Balaban J connectivity index is 2.42. The van der Waals surface area contributed by atoms with Crippen LogP contribution in [-0.4, -0.2) is 30.4 Å². The van der Waals surface area contributed by atoms with E-state index in [0.717, 1.165) is 32.5 Å². The smallest absolute Gasteiger partial charge is 0.223 e. The van der Waals surface area contributed by atoms with E-state index in [9.17, 15) is 4.79 Å². The van der Waals surface area contributed by atoms with E-state index in [0.29, 0.717) is 0 Å². The molecule has 0 saturated carbocycles. The number of hydrogen-bond donors (Lipinski definition) is 1. The summed E-state index contributed by atoms with van der Waals surface area (Å²) in [7, 11) is 0. The van der Waals surface area contributed by atoms with Crippen molar-refractivity contribution in [2.24, 2.45) is 11.1 Å². The van der Waals surface area contributed by atoms with Crippen LogP contribution < -0.4 is 5.73 Å². The molecule has 3 nitrogen and oxygen atoms in total. The van der Waals surface area contributed by atoms with Gasteiger partial charge in [0, 0.05) is 5.41 Å². The predicted molar refractivity (Wildman–Crippen MR) is 53.3 cm³/mol. The number of carbonyl (C=O) groups is 1. The molecule has 1 rings (SSSR count). The summed E-state index contributed by atoms with van der Waals surface area (Å²) >= 11 is 0. The van der Waals surface area contributed by atoms with Crippen LogP contribution in [0.1, 0.15) is 33.1 Å². The van der Waals surface area contributed by atoms with Crippen molar-refractivity contribution in [3.8, 4) is 0 Å². The Morgan fingerprint density at radius 1 is 1.46 bits per heavy atom. The van der Waals surface area contributed by atoms with Crippen LogP contribution in [0.3, 0.4) is 0 Å². The van der Waals surface area contributed by atoms with Gasteiger partial charge in [-0.3, -0.25) is 4.79 Å². The molecule has 1 fully saturated rings. The number of amides is 1. The second kappa shape index (κ2) is 4.09. The van der Waals surface area contributed by atoms with Crippen LogP contribution in [-0.2, 0) is 4.79 Å². The van der Waals surface area contributed by atoms with Gasteiger partial charge in [0.15, 0.2) is 0 Å². The average molecular weight is 184 g/mol. The summed E-state index contributed by atoms with van der Waals surface area (Å²) in [6.45, 7) is 7.36. The Morgan fingerprint density at radius 3 is 2.38 bits per heavy atom. The minimum absolute atomic E-state index is 0.136. The number of nitrogens with zero attached hydrogens (tertiary/aromatic N) is 1. The van der Waals surface area contributed by atoms with Gasteiger partial charge in [-0.2, -0.15) is 0 Å². The largest absolute Gasteiger partial charge is 0.369 e. The zero-order valence-electron chi connectivity index (χ0n) is 8.68. The fourth-order valence-corrected chi connectivity index (χ4v) is 1.83. The van der Waals surface area contributed by atoms with Crippen molar-refractivity contribution in [2.75, 3.05) is 19.6 Å². The van der Waals surface area contributed by atoms with Crippen LogP contribution in [0.15, 0.2) is 0 Å². The van der Waals surface area contributed by atoms with E-state index in [2.05, 4.69) is 11.8 Å². The topological polar surface area (TPSA) is 46.3 Å². The summed E-state index contributed by atoms with van der Waals surface area (Å²) in [6.07, 6.45) is 3.03. The lowest BCUT2D eigenvalue weighted by atomic mass is 9.80. The normalized spacial score (nSPS) is 22.9. The Bertz CT molecular complexity index is 183. The molecule has 2 N–H and O–H groups in total. The molecule has 1 aliphatic rings. The van der Waals surface area contributed by atoms with Gasteiger partial charge in [0.1, 0.15) is 0 Å². The van der Waals surface area contributed by atoms with Gasteiger partial charge in [0.2, 0.25) is 5.91 Å². The molecule has 13 heavy (non-hydrogen) atoms. The third-order valence-electron chi connectivity index (χ3n) is 3.09. The SMILES string of the molecule is CCCN1CCC(C)(C(N)=O)CC1. The lowest BCUT2D eigenvalue weighted by molar-refractivity contribution is -0.129. The Labute approximate surface area is 80.3 Å². The number of primary amides is 1. The second-order valence-electron chi connectivity index (χ2n) is 4.27. The lowest BCUT2D eigenvalue weighted by Crippen LogP contribution is -2.45. The minimum Gasteiger partial charge on any atom is -0.369 e. The van der Waals surface area contributed by atoms with Crippen molar-refractivity contribution >= 4 is 5.91 Å². The van der Waals surface area contributed by atoms with Gasteiger partial charge in [0.05, 0.1) is 0 Å². The van der Waals surface area contributed by atoms with Crippen molar-refractivity contribution in [1.82, 2.24) is 4.90 Å². The summed E-state index contributed by atoms with van der Waals surface area (Å²) in [5, 5.41) is 0. The summed E-state index contributed by atoms with van der Waals surface area (Å²) in [6, 6.07) is 0. The monoisotopic (exact) mass is 184 g/mol. The number of nitrogens with two attached hydrogens (primary N) is 1. The van der Waals surface area contributed by atoms with Crippen LogP contribution in [0.4, 0.5) is 0 Å². The van der Waals surface area contributed by atoms with E-state index >= 15 is 0 Å². The molecule has 1 saturated heterocycles. The van der Waals surface area contributed by atoms with Crippen LogP contribution in [0.2, 0.25) is 0 Å². The highest BCUT2D eigenvalue weighted by molar-refractivity contribution is 5.80. The molecule has 1 heterocycles.